The second-order valence-electron chi connectivity index (χ2n) is 7.50. The van der Waals surface area contributed by atoms with Crippen molar-refractivity contribution in [2.75, 3.05) is 5.32 Å². The lowest BCUT2D eigenvalue weighted by Crippen LogP contribution is -2.11. The lowest BCUT2D eigenvalue weighted by molar-refractivity contribution is 0.738. The lowest BCUT2D eigenvalue weighted by atomic mass is 10.0. The lowest BCUT2D eigenvalue weighted by Gasteiger charge is -2.20. The van der Waals surface area contributed by atoms with Crippen molar-refractivity contribution in [3.8, 4) is 0 Å². The van der Waals surface area contributed by atoms with E-state index in [1.54, 1.807) is 0 Å². The fourth-order valence-corrected chi connectivity index (χ4v) is 3.69. The molecule has 1 aromatic heterocycles. The largest absolute Gasteiger partial charge is 0.378 e. The Morgan fingerprint density at radius 2 is 1.63 bits per heavy atom. The molecule has 0 aliphatic heterocycles. The summed E-state index contributed by atoms with van der Waals surface area (Å²) in [5, 5.41) is 12.5. The highest BCUT2D eigenvalue weighted by Crippen LogP contribution is 2.26. The highest BCUT2D eigenvalue weighted by Gasteiger charge is 2.13. The Labute approximate surface area is 178 Å². The topological polar surface area (TPSA) is 42.7 Å². The monoisotopic (exact) mass is 396 g/mol. The molecule has 4 aromatic rings. The molecule has 0 spiro atoms. The zero-order valence-electron chi connectivity index (χ0n) is 17.4. The van der Waals surface area contributed by atoms with Gasteiger partial charge in [0.25, 0.3) is 0 Å². The zero-order chi connectivity index (χ0) is 20.6. The minimum Gasteiger partial charge on any atom is -0.378 e. The zero-order valence-corrected chi connectivity index (χ0v) is 17.4. The number of fused-ring (bicyclic) bond motifs is 1. The molecular weight excluding hydrogens is 368 g/mol. The van der Waals surface area contributed by atoms with Crippen LogP contribution in [0.2, 0.25) is 0 Å². The third-order valence-corrected chi connectivity index (χ3v) is 5.32. The minimum absolute atomic E-state index is 0.181. The van der Waals surface area contributed by atoms with Crippen molar-refractivity contribution in [3.63, 3.8) is 0 Å². The van der Waals surface area contributed by atoms with Crippen molar-refractivity contribution < 1.29 is 0 Å². The fourth-order valence-electron chi connectivity index (χ4n) is 3.69. The van der Waals surface area contributed by atoms with Gasteiger partial charge in [-0.1, -0.05) is 85.3 Å². The van der Waals surface area contributed by atoms with E-state index in [2.05, 4.69) is 89.3 Å². The van der Waals surface area contributed by atoms with Crippen molar-refractivity contribution in [2.24, 2.45) is 0 Å². The highest BCUT2D eigenvalue weighted by atomic mass is 15.4. The van der Waals surface area contributed by atoms with Crippen LogP contribution in [0.25, 0.3) is 16.7 Å². The van der Waals surface area contributed by atoms with Gasteiger partial charge in [-0.3, -0.25) is 0 Å². The van der Waals surface area contributed by atoms with Crippen LogP contribution in [-0.4, -0.2) is 15.0 Å². The van der Waals surface area contributed by atoms with E-state index in [1.165, 1.54) is 11.3 Å². The first-order chi connectivity index (χ1) is 14.8. The predicted octanol–water partition coefficient (Wildman–Crippen LogP) is 6.71. The molecule has 3 aromatic carbocycles. The Bertz CT molecular complexity index is 1080. The van der Waals surface area contributed by atoms with Crippen LogP contribution >= 0.6 is 0 Å². The molecule has 0 saturated heterocycles. The molecule has 4 rings (SSSR count). The average molecular weight is 397 g/mol. The number of hydrogen-bond acceptors (Lipinski definition) is 3. The summed E-state index contributed by atoms with van der Waals surface area (Å²) >= 11 is 0. The molecule has 0 saturated carbocycles. The predicted molar refractivity (Wildman–Crippen MR) is 125 cm³/mol. The SMILES string of the molecule is CCCC/C(=C/CC(Nc1ccccc1)c1ccccc1)n1nnc2ccccc21. The van der Waals surface area contributed by atoms with Crippen LogP contribution in [0.3, 0.4) is 0 Å². The van der Waals surface area contributed by atoms with E-state index in [9.17, 15) is 0 Å². The number of unbranched alkanes of at least 4 members (excludes halogenated alkanes) is 1. The van der Waals surface area contributed by atoms with E-state index in [4.69, 9.17) is 0 Å². The molecule has 0 fully saturated rings. The van der Waals surface area contributed by atoms with Gasteiger partial charge in [-0.25, -0.2) is 4.68 Å². The van der Waals surface area contributed by atoms with Crippen molar-refractivity contribution >= 4 is 22.4 Å². The van der Waals surface area contributed by atoms with E-state index in [0.29, 0.717) is 0 Å². The van der Waals surface area contributed by atoms with Gasteiger partial charge >= 0.3 is 0 Å². The molecule has 1 heterocycles. The van der Waals surface area contributed by atoms with Crippen LogP contribution in [0.1, 0.15) is 44.2 Å². The molecule has 4 nitrogen and oxygen atoms in total. The Morgan fingerprint density at radius 1 is 0.933 bits per heavy atom. The van der Waals surface area contributed by atoms with Crippen molar-refractivity contribution in [2.45, 2.75) is 38.6 Å². The van der Waals surface area contributed by atoms with Crippen LogP contribution in [-0.2, 0) is 0 Å². The maximum absolute atomic E-state index is 4.46. The van der Waals surface area contributed by atoms with Crippen LogP contribution < -0.4 is 5.32 Å². The van der Waals surface area contributed by atoms with E-state index >= 15 is 0 Å². The van der Waals surface area contributed by atoms with Gasteiger partial charge < -0.3 is 5.32 Å². The molecule has 0 radical (unpaired) electrons. The third kappa shape index (κ3) is 4.77. The summed E-state index contributed by atoms with van der Waals surface area (Å²) in [5.41, 5.74) is 5.60. The summed E-state index contributed by atoms with van der Waals surface area (Å²) < 4.78 is 2.01. The van der Waals surface area contributed by atoms with Crippen molar-refractivity contribution in [1.82, 2.24) is 15.0 Å². The van der Waals surface area contributed by atoms with Gasteiger partial charge in [0.15, 0.2) is 0 Å². The number of benzene rings is 3. The molecule has 152 valence electrons. The summed E-state index contributed by atoms with van der Waals surface area (Å²) in [5.74, 6) is 0. The van der Waals surface area contributed by atoms with Crippen LogP contribution in [0.4, 0.5) is 5.69 Å². The number of rotatable bonds is 9. The Kier molecular flexibility index (Phi) is 6.55. The first-order valence-corrected chi connectivity index (χ1v) is 10.7. The van der Waals surface area contributed by atoms with Crippen molar-refractivity contribution in [3.05, 3.63) is 96.6 Å². The molecule has 0 aliphatic rings. The van der Waals surface area contributed by atoms with Gasteiger partial charge in [0, 0.05) is 11.4 Å². The van der Waals surface area contributed by atoms with E-state index in [1.807, 2.05) is 28.9 Å². The van der Waals surface area contributed by atoms with E-state index in [-0.39, 0.29) is 6.04 Å². The van der Waals surface area contributed by atoms with Gasteiger partial charge in [-0.05, 0) is 49.1 Å². The standard InChI is InChI=1S/C26H28N4/c1-2-3-16-23(30-26-18-11-10-17-25(26)28-29-30)19-20-24(21-12-6-4-7-13-21)27-22-14-8-5-9-15-22/h4-15,17-19,24,27H,2-3,16,20H2,1H3/b23-19-. The van der Waals surface area contributed by atoms with Crippen LogP contribution in [0, 0.1) is 0 Å². The summed E-state index contributed by atoms with van der Waals surface area (Å²) in [4.78, 5) is 0. The second-order valence-corrected chi connectivity index (χ2v) is 7.50. The van der Waals surface area contributed by atoms with Crippen molar-refractivity contribution in [1.29, 1.82) is 0 Å². The number of aromatic nitrogens is 3. The summed E-state index contributed by atoms with van der Waals surface area (Å²) in [6.07, 6.45) is 6.45. The average Bonchev–Trinajstić information content (AvgIpc) is 3.24. The fraction of sp³-hybridized carbons (Fsp3) is 0.231. The number of hydrogen-bond donors (Lipinski definition) is 1. The molecule has 4 heteroatoms. The van der Waals surface area contributed by atoms with Gasteiger partial charge in [-0.15, -0.1) is 5.10 Å². The molecule has 1 N–H and O–H groups in total. The third-order valence-electron chi connectivity index (χ3n) is 5.32. The van der Waals surface area contributed by atoms with Gasteiger partial charge in [0.1, 0.15) is 5.52 Å². The molecule has 0 bridgehead atoms. The molecule has 1 unspecified atom stereocenters. The summed E-state index contributed by atoms with van der Waals surface area (Å²) in [6.45, 7) is 2.22. The van der Waals surface area contributed by atoms with Gasteiger partial charge in [0.2, 0.25) is 0 Å². The maximum atomic E-state index is 4.46. The van der Waals surface area contributed by atoms with Crippen LogP contribution in [0.5, 0.6) is 0 Å². The van der Waals surface area contributed by atoms with E-state index in [0.717, 1.165) is 42.4 Å². The molecule has 30 heavy (non-hydrogen) atoms. The molecule has 0 aliphatic carbocycles. The number of para-hydroxylation sites is 2. The minimum atomic E-state index is 0.181. The number of nitrogens with one attached hydrogen (secondary N) is 1. The first kappa shape index (κ1) is 19.9. The second kappa shape index (κ2) is 9.88. The number of anilines is 1. The molecular formula is C26H28N4. The summed E-state index contributed by atoms with van der Waals surface area (Å²) in [7, 11) is 0. The van der Waals surface area contributed by atoms with E-state index < -0.39 is 0 Å². The highest BCUT2D eigenvalue weighted by molar-refractivity contribution is 5.77. The Hall–Kier alpha value is -3.40. The maximum Gasteiger partial charge on any atom is 0.113 e. The smallest absolute Gasteiger partial charge is 0.113 e. The normalized spacial score (nSPS) is 12.8. The quantitative estimate of drug-likeness (QED) is 0.342. The number of allylic oxidation sites excluding steroid dienone is 1. The Morgan fingerprint density at radius 3 is 2.40 bits per heavy atom. The van der Waals surface area contributed by atoms with Crippen LogP contribution in [0.15, 0.2) is 91.0 Å². The molecule has 1 atom stereocenters. The summed E-state index contributed by atoms with van der Waals surface area (Å²) in [6, 6.07) is 29.4. The van der Waals surface area contributed by atoms with Gasteiger partial charge in [-0.2, -0.15) is 0 Å². The number of nitrogens with zero attached hydrogens (tertiary/aromatic N) is 3. The Balaban J connectivity index is 1.65. The first-order valence-electron chi connectivity index (χ1n) is 10.7. The molecule has 0 amide bonds. The van der Waals surface area contributed by atoms with Gasteiger partial charge in [0.05, 0.1) is 11.6 Å².